The summed E-state index contributed by atoms with van der Waals surface area (Å²) < 4.78 is 0. The van der Waals surface area contributed by atoms with Gasteiger partial charge < -0.3 is 15.3 Å². The molecule has 1 aromatic carbocycles. The molecule has 100 valence electrons. The number of benzene rings is 1. The lowest BCUT2D eigenvalue weighted by Crippen LogP contribution is -2.41. The van der Waals surface area contributed by atoms with Crippen LogP contribution in [0, 0.1) is 0 Å². The number of rotatable bonds is 4. The molecule has 18 heavy (non-hydrogen) atoms. The quantitative estimate of drug-likeness (QED) is 0.857. The number of nitrogens with one attached hydrogen (secondary N) is 1. The fourth-order valence-electron chi connectivity index (χ4n) is 2.51. The number of hydrogen-bond acceptors (Lipinski definition) is 3. The Morgan fingerprint density at radius 3 is 2.44 bits per heavy atom. The van der Waals surface area contributed by atoms with Crippen LogP contribution in [0.25, 0.3) is 0 Å². The number of nitrogens with zero attached hydrogens (tertiary/aromatic N) is 1. The summed E-state index contributed by atoms with van der Waals surface area (Å²) in [6.07, 6.45) is 4.26. The minimum Gasteiger partial charge on any atom is -0.392 e. The van der Waals surface area contributed by atoms with Gasteiger partial charge in [0, 0.05) is 32.4 Å². The minimum absolute atomic E-state index is 0.167. The van der Waals surface area contributed by atoms with Gasteiger partial charge >= 0.3 is 0 Å². The van der Waals surface area contributed by atoms with Crippen LogP contribution in [0.5, 0.6) is 0 Å². The molecular weight excluding hydrogens is 224 g/mol. The molecule has 1 aliphatic carbocycles. The molecule has 0 saturated heterocycles. The third kappa shape index (κ3) is 3.47. The first-order valence-corrected chi connectivity index (χ1v) is 6.84. The van der Waals surface area contributed by atoms with Crippen molar-refractivity contribution in [2.24, 2.45) is 0 Å². The van der Waals surface area contributed by atoms with Crippen molar-refractivity contribution in [3.8, 4) is 0 Å². The highest BCUT2D eigenvalue weighted by Crippen LogP contribution is 2.19. The summed E-state index contributed by atoms with van der Waals surface area (Å²) in [5.41, 5.74) is 2.50. The molecule has 1 aliphatic rings. The largest absolute Gasteiger partial charge is 0.392 e. The van der Waals surface area contributed by atoms with Crippen molar-refractivity contribution in [1.29, 1.82) is 0 Å². The summed E-state index contributed by atoms with van der Waals surface area (Å²) >= 11 is 0. The molecule has 3 heteroatoms. The van der Waals surface area contributed by atoms with Crippen molar-refractivity contribution >= 4 is 5.69 Å². The van der Waals surface area contributed by atoms with Crippen LogP contribution in [0.1, 0.15) is 31.2 Å². The summed E-state index contributed by atoms with van der Waals surface area (Å²) in [5, 5.41) is 13.4. The van der Waals surface area contributed by atoms with Gasteiger partial charge in [-0.25, -0.2) is 0 Å². The second-order valence-corrected chi connectivity index (χ2v) is 5.40. The zero-order valence-electron chi connectivity index (χ0n) is 11.4. The molecule has 1 saturated carbocycles. The van der Waals surface area contributed by atoms with Crippen LogP contribution in [-0.4, -0.2) is 31.3 Å². The molecule has 2 rings (SSSR count). The highest BCUT2D eigenvalue weighted by atomic mass is 16.3. The monoisotopic (exact) mass is 248 g/mol. The molecule has 0 aromatic heterocycles. The normalized spacial score (nSPS) is 23.9. The average Bonchev–Trinajstić information content (AvgIpc) is 2.38. The molecule has 1 fully saturated rings. The van der Waals surface area contributed by atoms with E-state index in [-0.39, 0.29) is 12.1 Å². The number of aliphatic hydroxyl groups is 1. The number of hydrogen-bond donors (Lipinski definition) is 2. The maximum atomic E-state index is 9.89. The Balaban J connectivity index is 1.85. The predicted molar refractivity (Wildman–Crippen MR) is 75.9 cm³/mol. The van der Waals surface area contributed by atoms with Gasteiger partial charge in [-0.05, 0) is 30.5 Å². The second kappa shape index (κ2) is 6.21. The predicted octanol–water partition coefficient (Wildman–Crippen LogP) is 2.15. The fraction of sp³-hybridized carbons (Fsp3) is 0.600. The molecule has 2 unspecified atom stereocenters. The van der Waals surface area contributed by atoms with E-state index in [4.69, 9.17) is 0 Å². The zero-order valence-corrected chi connectivity index (χ0v) is 11.4. The van der Waals surface area contributed by atoms with Gasteiger partial charge in [-0.1, -0.05) is 25.0 Å². The van der Waals surface area contributed by atoms with E-state index in [9.17, 15) is 5.11 Å². The van der Waals surface area contributed by atoms with Crippen molar-refractivity contribution in [3.63, 3.8) is 0 Å². The Bertz CT molecular complexity index is 361. The van der Waals surface area contributed by atoms with Gasteiger partial charge in [-0.2, -0.15) is 0 Å². The SMILES string of the molecule is CN(C)c1ccc(CNC2CCCCC2O)cc1. The maximum Gasteiger partial charge on any atom is 0.0693 e. The lowest BCUT2D eigenvalue weighted by atomic mass is 9.92. The van der Waals surface area contributed by atoms with E-state index in [0.717, 1.165) is 25.8 Å². The van der Waals surface area contributed by atoms with Crippen LogP contribution in [0.2, 0.25) is 0 Å². The Hall–Kier alpha value is -1.06. The summed E-state index contributed by atoms with van der Waals surface area (Å²) in [6, 6.07) is 8.84. The molecule has 0 heterocycles. The standard InChI is InChI=1S/C15H24N2O/c1-17(2)13-9-7-12(8-10-13)11-16-14-5-3-4-6-15(14)18/h7-10,14-16,18H,3-6,11H2,1-2H3. The Labute approximate surface area is 110 Å². The maximum absolute atomic E-state index is 9.89. The highest BCUT2D eigenvalue weighted by Gasteiger charge is 2.21. The molecule has 0 aliphatic heterocycles. The van der Waals surface area contributed by atoms with Gasteiger partial charge in [0.15, 0.2) is 0 Å². The highest BCUT2D eigenvalue weighted by molar-refractivity contribution is 5.45. The van der Waals surface area contributed by atoms with Crippen molar-refractivity contribution < 1.29 is 5.11 Å². The molecule has 2 atom stereocenters. The summed E-state index contributed by atoms with van der Waals surface area (Å²) in [5.74, 6) is 0. The lowest BCUT2D eigenvalue weighted by molar-refractivity contribution is 0.0902. The molecule has 0 amide bonds. The molecule has 0 bridgehead atoms. The molecule has 0 spiro atoms. The Morgan fingerprint density at radius 1 is 1.17 bits per heavy atom. The van der Waals surface area contributed by atoms with Crippen molar-refractivity contribution in [2.45, 2.75) is 44.4 Å². The van der Waals surface area contributed by atoms with E-state index >= 15 is 0 Å². The van der Waals surface area contributed by atoms with Gasteiger partial charge in [0.1, 0.15) is 0 Å². The van der Waals surface area contributed by atoms with Crippen molar-refractivity contribution in [2.75, 3.05) is 19.0 Å². The third-order valence-corrected chi connectivity index (χ3v) is 3.75. The van der Waals surface area contributed by atoms with Crippen LogP contribution < -0.4 is 10.2 Å². The van der Waals surface area contributed by atoms with Crippen LogP contribution in [0.15, 0.2) is 24.3 Å². The van der Waals surface area contributed by atoms with Gasteiger partial charge in [0.05, 0.1) is 6.10 Å². The third-order valence-electron chi connectivity index (χ3n) is 3.75. The van der Waals surface area contributed by atoms with Crippen LogP contribution in [0.4, 0.5) is 5.69 Å². The Kier molecular flexibility index (Phi) is 4.61. The number of aliphatic hydroxyl groups excluding tert-OH is 1. The average molecular weight is 248 g/mol. The van der Waals surface area contributed by atoms with Crippen LogP contribution >= 0.6 is 0 Å². The molecule has 1 aromatic rings. The van der Waals surface area contributed by atoms with E-state index in [1.165, 1.54) is 17.7 Å². The minimum atomic E-state index is -0.167. The topological polar surface area (TPSA) is 35.5 Å². The molecule has 2 N–H and O–H groups in total. The van der Waals surface area contributed by atoms with Gasteiger partial charge in [-0.3, -0.25) is 0 Å². The van der Waals surface area contributed by atoms with Crippen LogP contribution in [0.3, 0.4) is 0 Å². The summed E-state index contributed by atoms with van der Waals surface area (Å²) in [6.45, 7) is 0.843. The molecule has 0 radical (unpaired) electrons. The van der Waals surface area contributed by atoms with Gasteiger partial charge in [0.2, 0.25) is 0 Å². The van der Waals surface area contributed by atoms with E-state index in [1.54, 1.807) is 0 Å². The molecular formula is C15H24N2O. The van der Waals surface area contributed by atoms with Crippen molar-refractivity contribution in [3.05, 3.63) is 29.8 Å². The zero-order chi connectivity index (χ0) is 13.0. The van der Waals surface area contributed by atoms with Crippen LogP contribution in [-0.2, 0) is 6.54 Å². The number of anilines is 1. The first-order chi connectivity index (χ1) is 8.66. The van der Waals surface area contributed by atoms with Gasteiger partial charge in [0.25, 0.3) is 0 Å². The summed E-state index contributed by atoms with van der Waals surface area (Å²) in [7, 11) is 4.09. The van der Waals surface area contributed by atoms with E-state index in [2.05, 4.69) is 34.5 Å². The second-order valence-electron chi connectivity index (χ2n) is 5.40. The fourth-order valence-corrected chi connectivity index (χ4v) is 2.51. The van der Waals surface area contributed by atoms with E-state index in [1.807, 2.05) is 14.1 Å². The van der Waals surface area contributed by atoms with E-state index in [0.29, 0.717) is 0 Å². The lowest BCUT2D eigenvalue weighted by Gasteiger charge is -2.28. The van der Waals surface area contributed by atoms with Gasteiger partial charge in [-0.15, -0.1) is 0 Å². The van der Waals surface area contributed by atoms with Crippen molar-refractivity contribution in [1.82, 2.24) is 5.32 Å². The van der Waals surface area contributed by atoms with E-state index < -0.39 is 0 Å². The Morgan fingerprint density at radius 2 is 1.83 bits per heavy atom. The smallest absolute Gasteiger partial charge is 0.0693 e. The summed E-state index contributed by atoms with van der Waals surface area (Å²) in [4.78, 5) is 2.10. The molecule has 3 nitrogen and oxygen atoms in total. The first kappa shape index (κ1) is 13.4. The first-order valence-electron chi connectivity index (χ1n) is 6.84.